The first-order valence-electron chi connectivity index (χ1n) is 16.8. The van der Waals surface area contributed by atoms with Gasteiger partial charge in [-0.3, -0.25) is 4.57 Å². The highest BCUT2D eigenvalue weighted by atomic mass is 32.2. The first-order chi connectivity index (χ1) is 21.8. The molecule has 11 nitrogen and oxygen atoms in total. The van der Waals surface area contributed by atoms with Crippen LogP contribution in [-0.4, -0.2) is 69.4 Å². The van der Waals surface area contributed by atoms with Crippen LogP contribution in [0.25, 0.3) is 11.2 Å². The molecule has 0 spiro atoms. The van der Waals surface area contributed by atoms with Gasteiger partial charge in [0.2, 0.25) is 5.95 Å². The van der Waals surface area contributed by atoms with Crippen molar-refractivity contribution in [3.05, 3.63) is 35.9 Å². The number of anilines is 1. The van der Waals surface area contributed by atoms with Crippen LogP contribution in [0.1, 0.15) is 68.5 Å². The molecule has 0 bridgehead atoms. The maximum Gasteiger partial charge on any atom is 0.257 e. The average molecular weight is 735 g/mol. The number of nitrogen functional groups attached to an aromatic ring is 1. The van der Waals surface area contributed by atoms with E-state index in [1.807, 2.05) is 4.57 Å². The van der Waals surface area contributed by atoms with Crippen molar-refractivity contribution in [2.24, 2.45) is 0 Å². The van der Waals surface area contributed by atoms with Crippen molar-refractivity contribution >= 4 is 53.8 Å². The maximum absolute atomic E-state index is 12.5. The zero-order chi connectivity index (χ0) is 36.3. The Hall–Kier alpha value is -1.86. The van der Waals surface area contributed by atoms with Crippen LogP contribution < -0.4 is 10.5 Å². The molecule has 2 N–H and O–H groups in total. The minimum absolute atomic E-state index is 0.0297. The molecule has 0 amide bonds. The van der Waals surface area contributed by atoms with Gasteiger partial charge in [0, 0.05) is 23.9 Å². The minimum atomic E-state index is -2.36. The second-order valence-corrected chi connectivity index (χ2v) is 32.8. The van der Waals surface area contributed by atoms with Crippen LogP contribution in [-0.2, 0) is 18.0 Å². The van der Waals surface area contributed by atoms with Crippen LogP contribution in [0.3, 0.4) is 0 Å². The van der Waals surface area contributed by atoms with Crippen LogP contribution >= 0.6 is 11.8 Å². The summed E-state index contributed by atoms with van der Waals surface area (Å²) in [4.78, 5) is 13.9. The highest BCUT2D eigenvalue weighted by molar-refractivity contribution is 7.99. The van der Waals surface area contributed by atoms with Gasteiger partial charge in [-0.05, 0) is 60.5 Å². The standard InChI is InChI=1S/C33H58N6O5SSi3/c1-31(2,3)46(10,11)41-20-22-25(43-47(12,13)32(4,5)6)26(44-48(14,15)33(7,8)9)29(42-22)38-21-35-24-27(38)36-30(34)37-28(24)45-23-18-16-17-19-39(23)40/h16-19,21-22,25-26,29H,20H2,1-15H3,(H2,34,36,37)/t22-,25-,26-,29-/m1/s1. The molecule has 15 heteroatoms. The molecular weight excluding hydrogens is 677 g/mol. The summed E-state index contributed by atoms with van der Waals surface area (Å²) in [6.07, 6.45) is 1.26. The number of aromatic nitrogens is 5. The van der Waals surface area contributed by atoms with Crippen molar-refractivity contribution in [3.8, 4) is 0 Å². The van der Waals surface area contributed by atoms with E-state index < -0.39 is 49.5 Å². The van der Waals surface area contributed by atoms with Crippen molar-refractivity contribution in [1.29, 1.82) is 0 Å². The highest BCUT2D eigenvalue weighted by Gasteiger charge is 2.55. The molecule has 1 aliphatic heterocycles. The summed E-state index contributed by atoms with van der Waals surface area (Å²) >= 11 is 1.20. The van der Waals surface area contributed by atoms with Crippen LogP contribution in [0.5, 0.6) is 0 Å². The van der Waals surface area contributed by atoms with Crippen LogP contribution in [0.4, 0.5) is 5.95 Å². The smallest absolute Gasteiger partial charge is 0.257 e. The Kier molecular flexibility index (Phi) is 10.8. The van der Waals surface area contributed by atoms with Crippen LogP contribution in [0.2, 0.25) is 54.4 Å². The molecule has 1 aliphatic rings. The molecule has 0 unspecified atom stereocenters. The molecule has 268 valence electrons. The molecule has 0 radical (unpaired) electrons. The molecule has 0 aromatic carbocycles. The Morgan fingerprint density at radius 3 is 1.98 bits per heavy atom. The van der Waals surface area contributed by atoms with Gasteiger partial charge in [0.05, 0.1) is 12.9 Å². The summed E-state index contributed by atoms with van der Waals surface area (Å²) < 4.78 is 31.2. The van der Waals surface area contributed by atoms with Crippen molar-refractivity contribution in [1.82, 2.24) is 19.5 Å². The Morgan fingerprint density at radius 1 is 0.875 bits per heavy atom. The van der Waals surface area contributed by atoms with Gasteiger partial charge in [-0.2, -0.15) is 9.71 Å². The number of imidazole rings is 1. The van der Waals surface area contributed by atoms with E-state index in [4.69, 9.17) is 28.7 Å². The van der Waals surface area contributed by atoms with E-state index in [0.717, 1.165) is 4.73 Å². The summed E-state index contributed by atoms with van der Waals surface area (Å²) in [5, 5.41) is 13.4. The first-order valence-corrected chi connectivity index (χ1v) is 26.3. The number of fused-ring (bicyclic) bond motifs is 1. The SMILES string of the molecule is CC(C)(C)[Si](C)(C)OC[C@H]1O[C@@H](n2cnc3c(Sc4cccc[n+]4[O-])nc(N)nc32)[C@H](O[Si](C)(C)C(C)(C)C)[C@@H]1O[Si](C)(C)C(C)(C)C. The van der Waals surface area contributed by atoms with E-state index >= 15 is 0 Å². The zero-order valence-corrected chi connectivity index (χ0v) is 35.5. The largest absolute Gasteiger partial charge is 0.618 e. The third kappa shape index (κ3) is 8.03. The maximum atomic E-state index is 12.5. The van der Waals surface area contributed by atoms with Gasteiger partial charge >= 0.3 is 0 Å². The number of hydrogen-bond acceptors (Lipinski definition) is 10. The highest BCUT2D eigenvalue weighted by Crippen LogP contribution is 2.47. The van der Waals surface area contributed by atoms with E-state index in [2.05, 4.69) is 112 Å². The number of nitrogens with zero attached hydrogens (tertiary/aromatic N) is 5. The molecule has 1 saturated heterocycles. The van der Waals surface area contributed by atoms with Crippen molar-refractivity contribution in [2.75, 3.05) is 12.3 Å². The molecule has 4 heterocycles. The van der Waals surface area contributed by atoms with Gasteiger partial charge in [0.25, 0.3) is 5.03 Å². The summed E-state index contributed by atoms with van der Waals surface area (Å²) in [5.41, 5.74) is 7.32. The molecule has 4 rings (SSSR count). The van der Waals surface area contributed by atoms with Gasteiger partial charge in [-0.15, -0.1) is 0 Å². The lowest BCUT2D eigenvalue weighted by Gasteiger charge is -2.44. The van der Waals surface area contributed by atoms with Crippen molar-refractivity contribution in [3.63, 3.8) is 0 Å². The second-order valence-electron chi connectivity index (χ2n) is 17.5. The Bertz CT molecular complexity index is 1600. The van der Waals surface area contributed by atoms with Gasteiger partial charge in [0.15, 0.2) is 43.0 Å². The normalized spacial score (nSPS) is 21.7. The molecule has 3 aromatic heterocycles. The molecule has 0 aliphatic carbocycles. The lowest BCUT2D eigenvalue weighted by molar-refractivity contribution is -0.645. The topological polar surface area (TPSA) is 133 Å². The van der Waals surface area contributed by atoms with Gasteiger partial charge in [0.1, 0.15) is 28.9 Å². The third-order valence-electron chi connectivity index (χ3n) is 10.8. The summed E-state index contributed by atoms with van der Waals surface area (Å²) in [6.45, 7) is 34.1. The lowest BCUT2D eigenvalue weighted by Crippen LogP contribution is -2.54. The zero-order valence-electron chi connectivity index (χ0n) is 31.7. The van der Waals surface area contributed by atoms with Crippen LogP contribution in [0, 0.1) is 5.21 Å². The molecular formula is C33H58N6O5SSi3. The predicted octanol–water partition coefficient (Wildman–Crippen LogP) is 7.89. The number of hydrogen-bond donors (Lipinski definition) is 1. The third-order valence-corrected chi connectivity index (χ3v) is 25.3. The van der Waals surface area contributed by atoms with E-state index in [1.165, 1.54) is 18.0 Å². The summed E-state index contributed by atoms with van der Waals surface area (Å²) in [6, 6.07) is 5.22. The van der Waals surface area contributed by atoms with Crippen LogP contribution in [0.15, 0.2) is 40.8 Å². The Labute approximate surface area is 294 Å². The average Bonchev–Trinajstić information content (AvgIpc) is 3.47. The Morgan fingerprint density at radius 2 is 1.44 bits per heavy atom. The Balaban J connectivity index is 1.87. The fourth-order valence-corrected chi connectivity index (χ4v) is 9.12. The van der Waals surface area contributed by atoms with E-state index in [9.17, 15) is 5.21 Å². The van der Waals surface area contributed by atoms with E-state index in [-0.39, 0.29) is 21.1 Å². The monoisotopic (exact) mass is 734 g/mol. The molecule has 48 heavy (non-hydrogen) atoms. The first kappa shape index (κ1) is 38.9. The second kappa shape index (κ2) is 13.4. The molecule has 3 aromatic rings. The number of ether oxygens (including phenoxy) is 1. The van der Waals surface area contributed by atoms with E-state index in [0.29, 0.717) is 27.8 Å². The van der Waals surface area contributed by atoms with Crippen molar-refractivity contribution < 1.29 is 22.7 Å². The van der Waals surface area contributed by atoms with E-state index in [1.54, 1.807) is 24.5 Å². The molecule has 0 saturated carbocycles. The lowest BCUT2D eigenvalue weighted by atomic mass is 10.1. The quantitative estimate of drug-likeness (QED) is 0.0949. The molecule has 1 fully saturated rings. The number of rotatable bonds is 10. The minimum Gasteiger partial charge on any atom is -0.618 e. The predicted molar refractivity (Wildman–Crippen MR) is 200 cm³/mol. The fraction of sp³-hybridized carbons (Fsp3) is 0.697. The molecule has 4 atom stereocenters. The summed E-state index contributed by atoms with van der Waals surface area (Å²) in [5.74, 6) is 0.0758. The number of pyridine rings is 1. The fourth-order valence-electron chi connectivity index (χ4n) is 4.63. The van der Waals surface area contributed by atoms with Crippen molar-refractivity contribution in [2.45, 2.75) is 151 Å². The van der Waals surface area contributed by atoms with Gasteiger partial charge < -0.3 is 29.0 Å². The van der Waals surface area contributed by atoms with Gasteiger partial charge in [-0.1, -0.05) is 62.3 Å². The summed E-state index contributed by atoms with van der Waals surface area (Å²) in [7, 11) is -6.81. The number of nitrogens with two attached hydrogens (primary N) is 1. The van der Waals surface area contributed by atoms with Gasteiger partial charge in [-0.25, -0.2) is 9.97 Å².